The molecule has 1 aromatic carbocycles. The summed E-state index contributed by atoms with van der Waals surface area (Å²) in [5.41, 5.74) is 7.34. The van der Waals surface area contributed by atoms with Crippen molar-refractivity contribution in [2.24, 2.45) is 0 Å². The second-order valence-electron chi connectivity index (χ2n) is 4.28. The highest BCUT2D eigenvalue weighted by Gasteiger charge is 2.12. The van der Waals surface area contributed by atoms with Gasteiger partial charge in [-0.3, -0.25) is 0 Å². The van der Waals surface area contributed by atoms with Crippen LogP contribution < -0.4 is 5.73 Å². The molecule has 0 aliphatic carbocycles. The number of halogens is 1. The van der Waals surface area contributed by atoms with E-state index in [4.69, 9.17) is 10.3 Å². The van der Waals surface area contributed by atoms with E-state index in [1.54, 1.807) is 0 Å². The summed E-state index contributed by atoms with van der Waals surface area (Å²) in [4.78, 5) is 4.38. The second-order valence-corrected chi connectivity index (χ2v) is 6.62. The molecule has 1 aromatic heterocycles. The van der Waals surface area contributed by atoms with Gasteiger partial charge in [-0.25, -0.2) is 0 Å². The lowest BCUT2D eigenvalue weighted by molar-refractivity contribution is 0.425. The van der Waals surface area contributed by atoms with Crippen LogP contribution in [0.15, 0.2) is 27.2 Å². The molecule has 1 unspecified atom stereocenters. The number of benzene rings is 1. The summed E-state index contributed by atoms with van der Waals surface area (Å²) in [7, 11) is 0. The van der Waals surface area contributed by atoms with Crippen LogP contribution in [-0.2, 0) is 5.75 Å². The molecule has 6 heteroatoms. The van der Waals surface area contributed by atoms with E-state index in [2.05, 4.69) is 39.9 Å². The monoisotopic (exact) mass is 341 g/mol. The minimum atomic E-state index is 0.477. The Balaban J connectivity index is 2.12. The van der Waals surface area contributed by atoms with Crippen molar-refractivity contribution < 1.29 is 4.52 Å². The van der Waals surface area contributed by atoms with Gasteiger partial charge in [-0.1, -0.05) is 34.9 Å². The molecule has 0 aliphatic rings. The third-order valence-electron chi connectivity index (χ3n) is 2.78. The summed E-state index contributed by atoms with van der Waals surface area (Å²) in [5.74, 6) is 1.95. The number of nitrogens with two attached hydrogens (primary N) is 1. The fourth-order valence-electron chi connectivity index (χ4n) is 1.48. The van der Waals surface area contributed by atoms with Gasteiger partial charge in [0.2, 0.25) is 0 Å². The van der Waals surface area contributed by atoms with E-state index in [9.17, 15) is 0 Å². The largest absolute Gasteiger partial charge is 0.398 e. The predicted molar refractivity (Wildman–Crippen MR) is 82.9 cm³/mol. The number of rotatable bonds is 5. The Labute approximate surface area is 125 Å². The molecule has 0 fully saturated rings. The van der Waals surface area contributed by atoms with Crippen LogP contribution in [0.3, 0.4) is 0 Å². The Hall–Kier alpha value is -1.01. The van der Waals surface area contributed by atoms with Gasteiger partial charge in [0.05, 0.1) is 11.3 Å². The van der Waals surface area contributed by atoms with Crippen LogP contribution in [0.5, 0.6) is 0 Å². The molecule has 1 heterocycles. The number of thioether (sulfide) groups is 1. The first kappa shape index (κ1) is 14.4. The zero-order valence-corrected chi connectivity index (χ0v) is 13.3. The molecule has 0 spiro atoms. The van der Waals surface area contributed by atoms with Crippen molar-refractivity contribution in [1.29, 1.82) is 0 Å². The number of anilines is 1. The number of nitrogen functional groups attached to an aromatic ring is 1. The highest BCUT2D eigenvalue weighted by molar-refractivity contribution is 9.10. The molecule has 2 N–H and O–H groups in total. The fourth-order valence-corrected chi connectivity index (χ4v) is 2.65. The standard InChI is InChI=1S/C13H16BrN3OS/c1-3-8(2)19-7-12-16-13(18-17-12)10-5-4-9(14)6-11(10)15/h4-6,8H,3,7,15H2,1-2H3. The normalized spacial score (nSPS) is 12.6. The van der Waals surface area contributed by atoms with Gasteiger partial charge in [-0.2, -0.15) is 16.7 Å². The summed E-state index contributed by atoms with van der Waals surface area (Å²) in [5, 5.41) is 4.59. The topological polar surface area (TPSA) is 64.9 Å². The van der Waals surface area contributed by atoms with E-state index >= 15 is 0 Å². The Morgan fingerprint density at radius 2 is 2.26 bits per heavy atom. The van der Waals surface area contributed by atoms with Crippen LogP contribution in [0.2, 0.25) is 0 Å². The first-order chi connectivity index (χ1) is 9.10. The molecular weight excluding hydrogens is 326 g/mol. The maximum atomic E-state index is 5.94. The molecule has 0 aliphatic heterocycles. The van der Waals surface area contributed by atoms with E-state index in [0.29, 0.717) is 22.7 Å². The Kier molecular flexibility index (Phi) is 4.87. The average Bonchev–Trinajstić information content (AvgIpc) is 2.84. The van der Waals surface area contributed by atoms with Crippen LogP contribution >= 0.6 is 27.7 Å². The van der Waals surface area contributed by atoms with Gasteiger partial charge in [0, 0.05) is 15.4 Å². The Bertz CT molecular complexity index is 559. The van der Waals surface area contributed by atoms with E-state index in [0.717, 1.165) is 22.2 Å². The highest BCUT2D eigenvalue weighted by atomic mass is 79.9. The van der Waals surface area contributed by atoms with Crippen molar-refractivity contribution in [2.45, 2.75) is 31.3 Å². The lowest BCUT2D eigenvalue weighted by Gasteiger charge is -2.04. The third kappa shape index (κ3) is 3.73. The Morgan fingerprint density at radius 3 is 2.95 bits per heavy atom. The third-order valence-corrected chi connectivity index (χ3v) is 4.60. The van der Waals surface area contributed by atoms with Gasteiger partial charge < -0.3 is 10.3 Å². The van der Waals surface area contributed by atoms with Crippen LogP contribution in [-0.4, -0.2) is 15.4 Å². The smallest absolute Gasteiger partial charge is 0.260 e. The number of hydrogen-bond donors (Lipinski definition) is 1. The number of hydrogen-bond acceptors (Lipinski definition) is 5. The molecule has 4 nitrogen and oxygen atoms in total. The number of nitrogens with zero attached hydrogens (tertiary/aromatic N) is 2. The van der Waals surface area contributed by atoms with Gasteiger partial charge in [-0.05, 0) is 24.6 Å². The lowest BCUT2D eigenvalue weighted by Crippen LogP contribution is -1.95. The summed E-state index contributed by atoms with van der Waals surface area (Å²) < 4.78 is 6.20. The van der Waals surface area contributed by atoms with Gasteiger partial charge in [0.1, 0.15) is 0 Å². The minimum absolute atomic E-state index is 0.477. The summed E-state index contributed by atoms with van der Waals surface area (Å²) in [6, 6.07) is 5.61. The van der Waals surface area contributed by atoms with E-state index < -0.39 is 0 Å². The SMILES string of the molecule is CCC(C)SCc1noc(-c2ccc(Br)cc2N)n1. The Morgan fingerprint density at radius 1 is 1.47 bits per heavy atom. The van der Waals surface area contributed by atoms with Crippen LogP contribution in [0.4, 0.5) is 5.69 Å². The van der Waals surface area contributed by atoms with Gasteiger partial charge in [0.25, 0.3) is 5.89 Å². The molecule has 0 saturated heterocycles. The second kappa shape index (κ2) is 6.43. The van der Waals surface area contributed by atoms with Crippen LogP contribution in [0, 0.1) is 0 Å². The molecule has 0 bridgehead atoms. The van der Waals surface area contributed by atoms with Crippen molar-refractivity contribution in [1.82, 2.24) is 10.1 Å². The van der Waals surface area contributed by atoms with Gasteiger partial charge in [0.15, 0.2) is 5.82 Å². The maximum Gasteiger partial charge on any atom is 0.260 e. The molecule has 0 amide bonds. The number of aromatic nitrogens is 2. The summed E-state index contributed by atoms with van der Waals surface area (Å²) in [6.45, 7) is 4.36. The molecule has 102 valence electrons. The van der Waals surface area contributed by atoms with Crippen molar-refractivity contribution in [3.05, 3.63) is 28.5 Å². The minimum Gasteiger partial charge on any atom is -0.398 e. The van der Waals surface area contributed by atoms with E-state index in [-0.39, 0.29) is 0 Å². The first-order valence-corrected chi connectivity index (χ1v) is 7.94. The van der Waals surface area contributed by atoms with Crippen molar-refractivity contribution in [3.63, 3.8) is 0 Å². The lowest BCUT2D eigenvalue weighted by atomic mass is 10.2. The van der Waals surface area contributed by atoms with Crippen molar-refractivity contribution in [3.8, 4) is 11.5 Å². The average molecular weight is 342 g/mol. The highest BCUT2D eigenvalue weighted by Crippen LogP contribution is 2.28. The summed E-state index contributed by atoms with van der Waals surface area (Å²) in [6.07, 6.45) is 1.13. The van der Waals surface area contributed by atoms with Gasteiger partial charge >= 0.3 is 0 Å². The first-order valence-electron chi connectivity index (χ1n) is 6.09. The molecule has 0 saturated carbocycles. The molecule has 19 heavy (non-hydrogen) atoms. The molecular formula is C13H16BrN3OS. The predicted octanol–water partition coefficient (Wildman–Crippen LogP) is 4.11. The maximum absolute atomic E-state index is 5.94. The van der Waals surface area contributed by atoms with Crippen molar-refractivity contribution in [2.75, 3.05) is 5.73 Å². The zero-order valence-electron chi connectivity index (χ0n) is 10.9. The van der Waals surface area contributed by atoms with Gasteiger partial charge in [-0.15, -0.1) is 0 Å². The zero-order chi connectivity index (χ0) is 13.8. The van der Waals surface area contributed by atoms with E-state index in [1.165, 1.54) is 0 Å². The van der Waals surface area contributed by atoms with E-state index in [1.807, 2.05) is 30.0 Å². The fraction of sp³-hybridized carbons (Fsp3) is 0.385. The molecule has 2 aromatic rings. The quantitative estimate of drug-likeness (QED) is 0.829. The van der Waals surface area contributed by atoms with Crippen LogP contribution in [0.25, 0.3) is 11.5 Å². The van der Waals surface area contributed by atoms with Crippen molar-refractivity contribution >= 4 is 33.4 Å². The van der Waals surface area contributed by atoms with Crippen LogP contribution in [0.1, 0.15) is 26.1 Å². The molecule has 0 radical (unpaired) electrons. The summed E-state index contributed by atoms with van der Waals surface area (Å²) >= 11 is 5.19. The molecule has 1 atom stereocenters. The molecule has 2 rings (SSSR count).